The van der Waals surface area contributed by atoms with Crippen LogP contribution in [0.1, 0.15) is 33.1 Å². The molecule has 1 aliphatic heterocycles. The standard InChI is InChI=1S/C21H22N2O4/c1-23(26-2)21(25)19-17-11-5-3-8-15(17)10-7-13-27-14-16-9-4-6-12-18(16)20(24)22-19/h3-12,19H,13-14H2,1-2H3,(H,22,24)/b10-7+. The van der Waals surface area contributed by atoms with Crippen molar-refractivity contribution in [3.8, 4) is 0 Å². The molecule has 2 aromatic carbocycles. The molecule has 2 aromatic rings. The molecule has 0 fully saturated rings. The maximum absolute atomic E-state index is 13.0. The summed E-state index contributed by atoms with van der Waals surface area (Å²) in [4.78, 5) is 30.9. The number of carbonyl (C=O) groups is 2. The molecule has 0 radical (unpaired) electrons. The maximum atomic E-state index is 13.0. The van der Waals surface area contributed by atoms with Gasteiger partial charge in [-0.2, -0.15) is 0 Å². The fraction of sp³-hybridized carbons (Fsp3) is 0.238. The smallest absolute Gasteiger partial charge is 0.273 e. The lowest BCUT2D eigenvalue weighted by atomic mass is 9.98. The third kappa shape index (κ3) is 4.24. The van der Waals surface area contributed by atoms with Crippen molar-refractivity contribution in [3.05, 3.63) is 76.9 Å². The quantitative estimate of drug-likeness (QED) is 0.830. The Morgan fingerprint density at radius 1 is 1.19 bits per heavy atom. The third-order valence-electron chi connectivity index (χ3n) is 4.44. The number of fused-ring (bicyclic) bond motifs is 2. The summed E-state index contributed by atoms with van der Waals surface area (Å²) in [5, 5.41) is 3.98. The summed E-state index contributed by atoms with van der Waals surface area (Å²) >= 11 is 0. The van der Waals surface area contributed by atoms with Gasteiger partial charge in [-0.1, -0.05) is 54.6 Å². The number of hydrogen-bond acceptors (Lipinski definition) is 4. The molecule has 2 amide bonds. The summed E-state index contributed by atoms with van der Waals surface area (Å²) < 4.78 is 5.66. The molecular weight excluding hydrogens is 344 g/mol. The largest absolute Gasteiger partial charge is 0.373 e. The Bertz CT molecular complexity index is 863. The van der Waals surface area contributed by atoms with Crippen molar-refractivity contribution in [3.63, 3.8) is 0 Å². The van der Waals surface area contributed by atoms with E-state index in [9.17, 15) is 9.59 Å². The number of ether oxygens (including phenoxy) is 1. The van der Waals surface area contributed by atoms with Crippen LogP contribution in [0.4, 0.5) is 0 Å². The van der Waals surface area contributed by atoms with E-state index in [1.807, 2.05) is 48.6 Å². The highest BCUT2D eigenvalue weighted by Gasteiger charge is 2.28. The van der Waals surface area contributed by atoms with Gasteiger partial charge in [0, 0.05) is 12.6 Å². The van der Waals surface area contributed by atoms with Crippen LogP contribution in [0.5, 0.6) is 0 Å². The van der Waals surface area contributed by atoms with Crippen LogP contribution < -0.4 is 5.32 Å². The van der Waals surface area contributed by atoms with Gasteiger partial charge in [-0.15, -0.1) is 0 Å². The van der Waals surface area contributed by atoms with Gasteiger partial charge in [-0.05, 0) is 22.8 Å². The molecule has 1 atom stereocenters. The normalized spacial score (nSPS) is 18.1. The predicted molar refractivity (Wildman–Crippen MR) is 102 cm³/mol. The van der Waals surface area contributed by atoms with Crippen molar-refractivity contribution in [2.24, 2.45) is 0 Å². The van der Waals surface area contributed by atoms with Crippen LogP contribution >= 0.6 is 0 Å². The van der Waals surface area contributed by atoms with E-state index in [0.717, 1.165) is 16.2 Å². The van der Waals surface area contributed by atoms with Crippen LogP contribution in [0.2, 0.25) is 0 Å². The van der Waals surface area contributed by atoms with E-state index in [4.69, 9.17) is 9.57 Å². The molecular formula is C21H22N2O4. The monoisotopic (exact) mass is 366 g/mol. The zero-order valence-corrected chi connectivity index (χ0v) is 15.3. The SMILES string of the molecule is CON(C)C(=O)C1NC(=O)c2ccccc2COC/C=C/c2ccccc21. The number of hydrogen-bond donors (Lipinski definition) is 1. The molecule has 0 saturated heterocycles. The highest BCUT2D eigenvalue weighted by Crippen LogP contribution is 2.23. The van der Waals surface area contributed by atoms with Crippen molar-refractivity contribution in [1.82, 2.24) is 10.4 Å². The number of likely N-dealkylation sites (N-methyl/N-ethyl adjacent to an activating group) is 1. The minimum absolute atomic E-state index is 0.312. The Kier molecular flexibility index (Phi) is 6.01. The number of benzene rings is 2. The molecule has 0 spiro atoms. The second-order valence-corrected chi connectivity index (χ2v) is 6.13. The molecule has 0 aliphatic carbocycles. The molecule has 6 heteroatoms. The van der Waals surface area contributed by atoms with E-state index in [2.05, 4.69) is 5.32 Å². The molecule has 1 N–H and O–H groups in total. The van der Waals surface area contributed by atoms with Gasteiger partial charge >= 0.3 is 0 Å². The molecule has 1 unspecified atom stereocenters. The van der Waals surface area contributed by atoms with Gasteiger partial charge in [-0.3, -0.25) is 14.4 Å². The summed E-state index contributed by atoms with van der Waals surface area (Å²) in [7, 11) is 2.93. The molecule has 6 nitrogen and oxygen atoms in total. The average Bonchev–Trinajstić information content (AvgIpc) is 2.70. The molecule has 1 heterocycles. The molecule has 27 heavy (non-hydrogen) atoms. The lowest BCUT2D eigenvalue weighted by Crippen LogP contribution is -2.41. The Morgan fingerprint density at radius 3 is 2.74 bits per heavy atom. The number of amides is 2. The van der Waals surface area contributed by atoms with E-state index < -0.39 is 6.04 Å². The number of rotatable bonds is 2. The van der Waals surface area contributed by atoms with Gasteiger partial charge in [-0.25, -0.2) is 5.06 Å². The van der Waals surface area contributed by atoms with Crippen LogP contribution in [0.25, 0.3) is 6.08 Å². The van der Waals surface area contributed by atoms with Crippen LogP contribution in [0.3, 0.4) is 0 Å². The highest BCUT2D eigenvalue weighted by molar-refractivity contribution is 5.99. The summed E-state index contributed by atoms with van der Waals surface area (Å²) in [5.74, 6) is -0.700. The van der Waals surface area contributed by atoms with Crippen molar-refractivity contribution < 1.29 is 19.2 Å². The van der Waals surface area contributed by atoms with Crippen LogP contribution in [0, 0.1) is 0 Å². The number of nitrogens with zero attached hydrogens (tertiary/aromatic N) is 1. The van der Waals surface area contributed by atoms with Gasteiger partial charge in [0.25, 0.3) is 11.8 Å². The Labute approximate surface area is 158 Å². The predicted octanol–water partition coefficient (Wildman–Crippen LogP) is 2.72. The number of hydroxylamine groups is 2. The maximum Gasteiger partial charge on any atom is 0.273 e. The van der Waals surface area contributed by atoms with Crippen molar-refractivity contribution in [2.45, 2.75) is 12.6 Å². The van der Waals surface area contributed by atoms with Gasteiger partial charge in [0.05, 0.1) is 20.3 Å². The van der Waals surface area contributed by atoms with E-state index in [1.165, 1.54) is 14.2 Å². The van der Waals surface area contributed by atoms with Crippen molar-refractivity contribution >= 4 is 17.9 Å². The first-order chi connectivity index (χ1) is 13.1. The first-order valence-corrected chi connectivity index (χ1v) is 8.65. The second kappa shape index (κ2) is 8.62. The second-order valence-electron chi connectivity index (χ2n) is 6.13. The summed E-state index contributed by atoms with van der Waals surface area (Å²) in [6.07, 6.45) is 3.79. The average molecular weight is 366 g/mol. The first kappa shape index (κ1) is 18.8. The Balaban J connectivity index is 2.08. The van der Waals surface area contributed by atoms with Gasteiger partial charge in [0.1, 0.15) is 6.04 Å². The summed E-state index contributed by atoms with van der Waals surface area (Å²) in [6.45, 7) is 0.715. The van der Waals surface area contributed by atoms with Crippen LogP contribution in [-0.4, -0.2) is 37.6 Å². The third-order valence-corrected chi connectivity index (χ3v) is 4.44. The molecule has 3 rings (SSSR count). The van der Waals surface area contributed by atoms with E-state index >= 15 is 0 Å². The van der Waals surface area contributed by atoms with Crippen molar-refractivity contribution in [1.29, 1.82) is 0 Å². The van der Waals surface area contributed by atoms with E-state index in [-0.39, 0.29) is 11.8 Å². The van der Waals surface area contributed by atoms with Gasteiger partial charge in [0.2, 0.25) is 0 Å². The van der Waals surface area contributed by atoms with Gasteiger partial charge in [0.15, 0.2) is 0 Å². The van der Waals surface area contributed by atoms with Crippen LogP contribution in [0.15, 0.2) is 54.6 Å². The summed E-state index contributed by atoms with van der Waals surface area (Å²) in [5.41, 5.74) is 2.77. The minimum Gasteiger partial charge on any atom is -0.373 e. The zero-order valence-electron chi connectivity index (χ0n) is 15.3. The summed E-state index contributed by atoms with van der Waals surface area (Å²) in [6, 6.07) is 13.8. The lowest BCUT2D eigenvalue weighted by molar-refractivity contribution is -0.171. The number of carbonyl (C=O) groups excluding carboxylic acids is 2. The van der Waals surface area contributed by atoms with Crippen molar-refractivity contribution in [2.75, 3.05) is 20.8 Å². The topological polar surface area (TPSA) is 67.9 Å². The first-order valence-electron chi connectivity index (χ1n) is 8.65. The molecule has 0 bridgehead atoms. The fourth-order valence-electron chi connectivity index (χ4n) is 2.96. The van der Waals surface area contributed by atoms with E-state index in [1.54, 1.807) is 12.1 Å². The molecule has 140 valence electrons. The zero-order chi connectivity index (χ0) is 19.2. The Morgan fingerprint density at radius 2 is 1.93 bits per heavy atom. The number of nitrogens with one attached hydrogen (secondary N) is 1. The Hall–Kier alpha value is -2.96. The van der Waals surface area contributed by atoms with Gasteiger partial charge < -0.3 is 10.1 Å². The fourth-order valence-corrected chi connectivity index (χ4v) is 2.96. The molecule has 1 aliphatic rings. The highest BCUT2D eigenvalue weighted by atomic mass is 16.7. The molecule has 0 saturated carbocycles. The minimum atomic E-state index is -0.878. The van der Waals surface area contributed by atoms with Crippen LogP contribution in [-0.2, 0) is 21.0 Å². The lowest BCUT2D eigenvalue weighted by Gasteiger charge is -2.25. The molecule has 0 aromatic heterocycles. The van der Waals surface area contributed by atoms with E-state index in [0.29, 0.717) is 24.3 Å².